The van der Waals surface area contributed by atoms with Gasteiger partial charge >= 0.3 is 19.5 Å². The second-order valence-corrected chi connectivity index (χ2v) is 0. The first-order chi connectivity index (χ1) is 0. The smallest absolute Gasteiger partial charge is 1.00 e. The largest absolute Gasteiger partial charge is 3.00 e. The van der Waals surface area contributed by atoms with Gasteiger partial charge in [-0.15, -0.1) is 0 Å². The van der Waals surface area contributed by atoms with Crippen LogP contribution in [0.15, 0.2) is 0 Å². The van der Waals surface area contributed by atoms with Crippen molar-refractivity contribution in [1.29, 1.82) is 0 Å². The Morgan fingerprint density at radius 3 is 0.333 bits per heavy atom. The van der Waals surface area contributed by atoms with Crippen molar-refractivity contribution >= 4 is 0 Å². The van der Waals surface area contributed by atoms with E-state index in [-0.39, 0.29) is 81.5 Å². The molecule has 1 radical (unpaired) electrons. The van der Waals surface area contributed by atoms with Crippen LogP contribution < -0.4 is 62.0 Å². The number of rotatable bonds is 0. The maximum atomic E-state index is 0. The molecule has 0 saturated carbocycles. The molecular formula is Cl5Ru-2. The Bertz CT molecular complexity index is 3.90. The monoisotopic (exact) mass is 277 g/mol. The molecule has 0 aromatic heterocycles. The Morgan fingerprint density at radius 2 is 0.333 bits per heavy atom. The van der Waals surface area contributed by atoms with Crippen molar-refractivity contribution in [2.24, 2.45) is 0 Å². The molecule has 0 aromatic carbocycles. The molecule has 0 aliphatic heterocycles. The minimum absolute atomic E-state index is 0. The molecule has 0 rings (SSSR count). The predicted molar refractivity (Wildman–Crippen MR) is 0 cm³/mol. The van der Waals surface area contributed by atoms with E-state index >= 15 is 0 Å². The van der Waals surface area contributed by atoms with Crippen LogP contribution in [-0.2, 0) is 19.5 Å². The molecule has 0 aliphatic carbocycles. The van der Waals surface area contributed by atoms with E-state index in [0.717, 1.165) is 0 Å². The third-order valence-corrected chi connectivity index (χ3v) is 0. The number of hydrogen-bond donors (Lipinski definition) is 0. The van der Waals surface area contributed by atoms with Crippen LogP contribution in [0.4, 0.5) is 0 Å². The zero-order valence-corrected chi connectivity index (χ0v) is 7.76. The van der Waals surface area contributed by atoms with Crippen molar-refractivity contribution in [3.05, 3.63) is 0 Å². The van der Waals surface area contributed by atoms with E-state index in [9.17, 15) is 0 Å². The molecule has 0 atom stereocenters. The Morgan fingerprint density at radius 1 is 0.333 bits per heavy atom. The standard InChI is InChI=1S/5ClH.Ru/h5*1H;/q;;;;;+3/p-5. The average molecular weight is 278 g/mol. The van der Waals surface area contributed by atoms with E-state index < -0.39 is 0 Å². The second-order valence-electron chi connectivity index (χ2n) is 0. The van der Waals surface area contributed by atoms with Crippen LogP contribution in [-0.4, -0.2) is 0 Å². The number of halogens is 5. The van der Waals surface area contributed by atoms with Gasteiger partial charge in [0, 0.05) is 0 Å². The summed E-state index contributed by atoms with van der Waals surface area (Å²) in [6, 6.07) is 0. The maximum Gasteiger partial charge on any atom is 3.00 e. The molecule has 0 nitrogen and oxygen atoms in total. The molecule has 0 N–H and O–H groups in total. The predicted octanol–water partition coefficient (Wildman–Crippen LogP) is -15.0. The Hall–Kier alpha value is 2.07. The summed E-state index contributed by atoms with van der Waals surface area (Å²) in [7, 11) is 0. The van der Waals surface area contributed by atoms with Crippen molar-refractivity contribution in [3.63, 3.8) is 0 Å². The van der Waals surface area contributed by atoms with Crippen molar-refractivity contribution in [2.75, 3.05) is 0 Å². The van der Waals surface area contributed by atoms with Gasteiger partial charge in [-0.25, -0.2) is 0 Å². The zero-order chi connectivity index (χ0) is 0. The van der Waals surface area contributed by atoms with E-state index in [0.29, 0.717) is 0 Å². The fraction of sp³-hybridized carbons (Fsp3) is 0. The van der Waals surface area contributed by atoms with Crippen LogP contribution in [0.25, 0.3) is 0 Å². The Labute approximate surface area is 81.0 Å². The minimum Gasteiger partial charge on any atom is -1.00 e. The van der Waals surface area contributed by atoms with Gasteiger partial charge in [-0.2, -0.15) is 0 Å². The van der Waals surface area contributed by atoms with Crippen LogP contribution in [0.3, 0.4) is 0 Å². The molecule has 6 heavy (non-hydrogen) atoms. The molecule has 0 saturated heterocycles. The van der Waals surface area contributed by atoms with E-state index in [2.05, 4.69) is 0 Å². The molecule has 0 unspecified atom stereocenters. The van der Waals surface area contributed by atoms with E-state index in [4.69, 9.17) is 0 Å². The fourth-order valence-corrected chi connectivity index (χ4v) is 0. The molecule has 0 heterocycles. The number of hydrogen-bond acceptors (Lipinski definition) is 0. The molecule has 45 valence electrons. The summed E-state index contributed by atoms with van der Waals surface area (Å²) in [4.78, 5) is 0. The summed E-state index contributed by atoms with van der Waals surface area (Å²) in [5.41, 5.74) is 0. The van der Waals surface area contributed by atoms with Crippen LogP contribution in [0.1, 0.15) is 0 Å². The Kier molecular flexibility index (Phi) is 950. The van der Waals surface area contributed by atoms with Crippen LogP contribution in [0.5, 0.6) is 0 Å². The molecule has 0 fully saturated rings. The second kappa shape index (κ2) is 60.7. The summed E-state index contributed by atoms with van der Waals surface area (Å²) in [5.74, 6) is 0. The van der Waals surface area contributed by atoms with E-state index in [1.54, 1.807) is 0 Å². The van der Waals surface area contributed by atoms with Gasteiger partial charge in [-0.1, -0.05) is 0 Å². The molecule has 0 amide bonds. The summed E-state index contributed by atoms with van der Waals surface area (Å²) in [5, 5.41) is 0. The van der Waals surface area contributed by atoms with Gasteiger partial charge in [0.15, 0.2) is 0 Å². The molecule has 0 bridgehead atoms. The Balaban J connectivity index is 0. The molecule has 6 heteroatoms. The normalized spacial score (nSPS) is 0. The van der Waals surface area contributed by atoms with Gasteiger partial charge in [-0.3, -0.25) is 0 Å². The SMILES string of the molecule is [Cl-].[Cl-].[Cl-].[Cl-].[Cl-].[Ru+3]. The van der Waals surface area contributed by atoms with Gasteiger partial charge in [0.05, 0.1) is 0 Å². The fourth-order valence-electron chi connectivity index (χ4n) is 0. The maximum absolute atomic E-state index is 0. The first kappa shape index (κ1) is 94.0. The average Bonchev–Trinajstić information content (AvgIpc) is 0. The van der Waals surface area contributed by atoms with Crippen molar-refractivity contribution in [2.45, 2.75) is 0 Å². The van der Waals surface area contributed by atoms with E-state index in [1.807, 2.05) is 0 Å². The summed E-state index contributed by atoms with van der Waals surface area (Å²) in [6.45, 7) is 0. The molecular weight excluding hydrogens is 278 g/mol. The molecule has 0 spiro atoms. The third kappa shape index (κ3) is 36.4. The zero-order valence-electron chi connectivity index (χ0n) is 2.24. The van der Waals surface area contributed by atoms with Gasteiger partial charge in [-0.05, 0) is 0 Å². The van der Waals surface area contributed by atoms with Gasteiger partial charge in [0.1, 0.15) is 0 Å². The molecule has 0 aromatic rings. The van der Waals surface area contributed by atoms with Crippen molar-refractivity contribution in [3.8, 4) is 0 Å². The summed E-state index contributed by atoms with van der Waals surface area (Å²) in [6.07, 6.45) is 0. The van der Waals surface area contributed by atoms with Crippen LogP contribution in [0.2, 0.25) is 0 Å². The topological polar surface area (TPSA) is 0 Å². The summed E-state index contributed by atoms with van der Waals surface area (Å²) < 4.78 is 0. The van der Waals surface area contributed by atoms with Gasteiger partial charge in [0.25, 0.3) is 0 Å². The minimum atomic E-state index is 0. The van der Waals surface area contributed by atoms with Gasteiger partial charge < -0.3 is 62.0 Å². The summed E-state index contributed by atoms with van der Waals surface area (Å²) >= 11 is 0. The van der Waals surface area contributed by atoms with Crippen molar-refractivity contribution in [1.82, 2.24) is 0 Å². The first-order valence-corrected chi connectivity index (χ1v) is 0. The third-order valence-electron chi connectivity index (χ3n) is 0. The van der Waals surface area contributed by atoms with Crippen LogP contribution in [0, 0.1) is 0 Å². The van der Waals surface area contributed by atoms with E-state index in [1.165, 1.54) is 0 Å². The first-order valence-electron chi connectivity index (χ1n) is 0. The van der Waals surface area contributed by atoms with Gasteiger partial charge in [0.2, 0.25) is 0 Å². The van der Waals surface area contributed by atoms with Crippen LogP contribution >= 0.6 is 0 Å². The molecule has 0 aliphatic rings. The van der Waals surface area contributed by atoms with Crippen molar-refractivity contribution < 1.29 is 81.5 Å². The quantitative estimate of drug-likeness (QED) is 0.386.